The fourth-order valence-corrected chi connectivity index (χ4v) is 4.52. The van der Waals surface area contributed by atoms with Crippen LogP contribution in [0, 0.1) is 0 Å². The Morgan fingerprint density at radius 1 is 0.900 bits per heavy atom. The van der Waals surface area contributed by atoms with Gasteiger partial charge in [0.1, 0.15) is 11.8 Å². The van der Waals surface area contributed by atoms with Gasteiger partial charge in [0.25, 0.3) is 0 Å². The Bertz CT molecular complexity index is 280. The van der Waals surface area contributed by atoms with Crippen LogP contribution in [0.2, 0.25) is 0 Å². The Hall–Kier alpha value is -0.140. The maximum Gasteiger partial charge on any atom is 0.177 e. The van der Waals surface area contributed by atoms with Crippen LogP contribution >= 0.6 is 0 Å². The molecule has 0 radical (unpaired) electrons. The lowest BCUT2D eigenvalue weighted by Gasteiger charge is -2.12. The molecule has 10 heavy (non-hydrogen) atoms. The van der Waals surface area contributed by atoms with E-state index < -0.39 is 24.8 Å². The molecule has 0 unspecified atom stereocenters. The van der Waals surface area contributed by atoms with E-state index in [4.69, 9.17) is 0 Å². The van der Waals surface area contributed by atoms with Gasteiger partial charge in [0, 0.05) is 0 Å². The highest BCUT2D eigenvalue weighted by Crippen LogP contribution is 2.01. The van der Waals surface area contributed by atoms with Crippen LogP contribution in [0.25, 0.3) is 0 Å². The van der Waals surface area contributed by atoms with Gasteiger partial charge in [0.2, 0.25) is 0 Å². The predicted molar refractivity (Wildman–Crippen MR) is 35.6 cm³/mol. The largest absolute Gasteiger partial charge is 0.290 e. The number of nitrogens with one attached hydrogen (secondary N) is 1. The minimum absolute atomic E-state index is 0.230. The first kappa shape index (κ1) is 7.96. The van der Waals surface area contributed by atoms with Gasteiger partial charge in [-0.25, -0.2) is 16.8 Å². The van der Waals surface area contributed by atoms with Crippen molar-refractivity contribution in [1.29, 1.82) is 0 Å². The van der Waals surface area contributed by atoms with Crippen LogP contribution < -0.4 is 5.32 Å². The van der Waals surface area contributed by atoms with Crippen molar-refractivity contribution in [3.63, 3.8) is 0 Å². The second-order valence-electron chi connectivity index (χ2n) is 2.14. The molecule has 0 aromatic rings. The third-order valence-corrected chi connectivity index (χ3v) is 5.16. The Balaban J connectivity index is 2.97. The molecule has 0 aromatic carbocycles. The maximum absolute atomic E-state index is 10.6. The molecule has 1 fully saturated rings. The van der Waals surface area contributed by atoms with Gasteiger partial charge in [-0.15, -0.1) is 0 Å². The molecule has 0 bridgehead atoms. The minimum atomic E-state index is -3.39. The molecule has 0 aliphatic carbocycles. The van der Waals surface area contributed by atoms with Gasteiger partial charge in [-0.3, -0.25) is 5.32 Å². The van der Waals surface area contributed by atoms with Crippen molar-refractivity contribution < 1.29 is 16.8 Å². The molecule has 0 atom stereocenters. The summed E-state index contributed by atoms with van der Waals surface area (Å²) in [6.07, 6.45) is 0. The van der Waals surface area contributed by atoms with E-state index in [0.717, 1.165) is 0 Å². The first-order chi connectivity index (χ1) is 4.41. The van der Waals surface area contributed by atoms with Crippen LogP contribution in [-0.2, 0) is 19.7 Å². The maximum atomic E-state index is 10.6. The lowest BCUT2D eigenvalue weighted by molar-refractivity contribution is 0.573. The first-order valence-electron chi connectivity index (χ1n) is 2.53. The zero-order valence-electron chi connectivity index (χ0n) is 5.07. The first-order valence-corrected chi connectivity index (χ1v) is 6.17. The second-order valence-corrected chi connectivity index (χ2v) is 6.64. The predicted octanol–water partition coefficient (Wildman–Crippen LogP) is -1.71. The van der Waals surface area contributed by atoms with Crippen molar-refractivity contribution in [2.24, 2.45) is 0 Å². The van der Waals surface area contributed by atoms with Crippen LogP contribution in [-0.4, -0.2) is 33.7 Å². The zero-order chi connectivity index (χ0) is 7.83. The third-order valence-electron chi connectivity index (χ3n) is 1.00. The standard InChI is InChI=1S/C3H7NO4S2/c5-9(6)1-4-2-10(7,8)3-9/h4H,1-3H2. The van der Waals surface area contributed by atoms with Gasteiger partial charge in [-0.2, -0.15) is 0 Å². The molecular formula is C3H7NO4S2. The van der Waals surface area contributed by atoms with Crippen LogP contribution in [0.3, 0.4) is 0 Å². The molecule has 7 heteroatoms. The minimum Gasteiger partial charge on any atom is -0.290 e. The molecule has 1 aliphatic rings. The fourth-order valence-electron chi connectivity index (χ4n) is 0.710. The quantitative estimate of drug-likeness (QED) is 0.486. The van der Waals surface area contributed by atoms with Gasteiger partial charge < -0.3 is 0 Å². The SMILES string of the molecule is O=S1(=O)CNCS(=O)(=O)C1. The van der Waals surface area contributed by atoms with E-state index in [1.807, 2.05) is 0 Å². The van der Waals surface area contributed by atoms with Crippen molar-refractivity contribution in [1.82, 2.24) is 5.32 Å². The lowest BCUT2D eigenvalue weighted by atomic mass is 11.2. The molecule has 0 saturated carbocycles. The number of rotatable bonds is 0. The van der Waals surface area contributed by atoms with Crippen LogP contribution in [0.15, 0.2) is 0 Å². The molecule has 1 aliphatic heterocycles. The lowest BCUT2D eigenvalue weighted by Crippen LogP contribution is -2.39. The summed E-state index contributed by atoms with van der Waals surface area (Å²) >= 11 is 0. The number of sulfone groups is 2. The molecule has 5 nitrogen and oxygen atoms in total. The molecule has 60 valence electrons. The molecule has 0 amide bonds. The van der Waals surface area contributed by atoms with E-state index in [2.05, 4.69) is 5.32 Å². The summed E-state index contributed by atoms with van der Waals surface area (Å²) < 4.78 is 42.5. The van der Waals surface area contributed by atoms with Crippen molar-refractivity contribution in [2.45, 2.75) is 0 Å². The van der Waals surface area contributed by atoms with E-state index in [1.165, 1.54) is 0 Å². The van der Waals surface area contributed by atoms with Gasteiger partial charge >= 0.3 is 0 Å². The van der Waals surface area contributed by atoms with E-state index >= 15 is 0 Å². The summed E-state index contributed by atoms with van der Waals surface area (Å²) in [7, 11) is -6.78. The molecular weight excluding hydrogens is 178 g/mol. The van der Waals surface area contributed by atoms with Crippen molar-refractivity contribution in [3.8, 4) is 0 Å². The van der Waals surface area contributed by atoms with E-state index in [1.54, 1.807) is 0 Å². The number of hydrogen-bond donors (Lipinski definition) is 1. The van der Waals surface area contributed by atoms with Crippen molar-refractivity contribution >= 4 is 19.7 Å². The van der Waals surface area contributed by atoms with Crippen LogP contribution in [0.4, 0.5) is 0 Å². The number of hydrogen-bond acceptors (Lipinski definition) is 5. The molecule has 1 rings (SSSR count). The van der Waals surface area contributed by atoms with Crippen LogP contribution in [0.5, 0.6) is 0 Å². The fraction of sp³-hybridized carbons (Fsp3) is 1.00. The smallest absolute Gasteiger partial charge is 0.177 e. The summed E-state index contributed by atoms with van der Waals surface area (Å²) in [5.41, 5.74) is 0. The monoisotopic (exact) mass is 185 g/mol. The highest BCUT2D eigenvalue weighted by Gasteiger charge is 2.26. The summed E-state index contributed by atoms with van der Waals surface area (Å²) in [5.74, 6) is -0.460. The van der Waals surface area contributed by atoms with Crippen molar-refractivity contribution in [2.75, 3.05) is 16.8 Å². The van der Waals surface area contributed by atoms with Gasteiger partial charge in [0.15, 0.2) is 24.8 Å². The zero-order valence-corrected chi connectivity index (χ0v) is 6.70. The summed E-state index contributed by atoms with van der Waals surface area (Å²) in [5, 5.41) is 1.57. The van der Waals surface area contributed by atoms with Crippen LogP contribution in [0.1, 0.15) is 0 Å². The van der Waals surface area contributed by atoms with E-state index in [0.29, 0.717) is 0 Å². The van der Waals surface area contributed by atoms with Gasteiger partial charge in [-0.1, -0.05) is 0 Å². The Morgan fingerprint density at radius 2 is 1.30 bits per heavy atom. The molecule has 1 saturated heterocycles. The van der Waals surface area contributed by atoms with Crippen molar-refractivity contribution in [3.05, 3.63) is 0 Å². The Labute approximate surface area is 59.3 Å². The Kier molecular flexibility index (Phi) is 1.73. The average Bonchev–Trinajstić information content (AvgIpc) is 1.56. The normalized spacial score (nSPS) is 29.6. The topological polar surface area (TPSA) is 80.3 Å². The molecule has 0 aromatic heterocycles. The summed E-state index contributed by atoms with van der Waals surface area (Å²) in [4.78, 5) is 0. The molecule has 1 N–H and O–H groups in total. The summed E-state index contributed by atoms with van der Waals surface area (Å²) in [6.45, 7) is 0. The average molecular weight is 185 g/mol. The molecule has 0 spiro atoms. The Morgan fingerprint density at radius 3 is 1.50 bits per heavy atom. The van der Waals surface area contributed by atoms with Gasteiger partial charge in [-0.05, 0) is 0 Å². The highest BCUT2D eigenvalue weighted by molar-refractivity contribution is 8.08. The van der Waals surface area contributed by atoms with E-state index in [9.17, 15) is 16.8 Å². The van der Waals surface area contributed by atoms with Gasteiger partial charge in [0.05, 0.1) is 0 Å². The highest BCUT2D eigenvalue weighted by atomic mass is 32.3. The van der Waals surface area contributed by atoms with E-state index in [-0.39, 0.29) is 11.8 Å². The molecule has 1 heterocycles. The second kappa shape index (κ2) is 2.18. The summed E-state index contributed by atoms with van der Waals surface area (Å²) in [6, 6.07) is 0. The third kappa shape index (κ3) is 1.93.